The lowest BCUT2D eigenvalue weighted by molar-refractivity contribution is -0.115. The van der Waals surface area contributed by atoms with Gasteiger partial charge in [-0.2, -0.15) is 0 Å². The van der Waals surface area contributed by atoms with E-state index >= 15 is 0 Å². The Labute approximate surface area is 188 Å². The summed E-state index contributed by atoms with van der Waals surface area (Å²) >= 11 is 1.30. The van der Waals surface area contributed by atoms with Gasteiger partial charge in [0.1, 0.15) is 5.82 Å². The van der Waals surface area contributed by atoms with E-state index in [1.54, 1.807) is 18.2 Å². The first kappa shape index (κ1) is 21.4. The summed E-state index contributed by atoms with van der Waals surface area (Å²) in [5.41, 5.74) is 2.57. The number of benzene rings is 2. The van der Waals surface area contributed by atoms with Crippen LogP contribution in [0.1, 0.15) is 11.4 Å². The standard InChI is InChI=1S/C22H21N5O4S/c1-29-16-9-12(10-17(30-2)19(16)31-3)8-13-20(23)26-22(27-21(13)28)32-11-18-24-14-6-4-5-7-15(14)25-18/h4-10H,11H2,1-3H3,(H,24,25)(H2,23,26,27,28)/b13-8+. The van der Waals surface area contributed by atoms with E-state index in [2.05, 4.69) is 20.3 Å². The number of carbonyl (C=O) groups excluding carboxylic acids is 1. The van der Waals surface area contributed by atoms with E-state index < -0.39 is 5.91 Å². The Morgan fingerprint density at radius 1 is 1.09 bits per heavy atom. The summed E-state index contributed by atoms with van der Waals surface area (Å²) in [5, 5.41) is 11.3. The van der Waals surface area contributed by atoms with E-state index in [1.165, 1.54) is 33.1 Å². The van der Waals surface area contributed by atoms with Crippen LogP contribution < -0.4 is 19.5 Å². The molecule has 0 fully saturated rings. The third-order valence-corrected chi connectivity index (χ3v) is 5.60. The highest BCUT2D eigenvalue weighted by Gasteiger charge is 2.24. The number of aliphatic imine (C=N–C) groups is 1. The number of ether oxygens (including phenoxy) is 3. The van der Waals surface area contributed by atoms with Crippen LogP contribution in [0, 0.1) is 5.41 Å². The van der Waals surface area contributed by atoms with E-state index in [4.69, 9.17) is 19.6 Å². The highest BCUT2D eigenvalue weighted by atomic mass is 32.2. The van der Waals surface area contributed by atoms with Gasteiger partial charge in [-0.05, 0) is 35.9 Å². The molecule has 0 saturated carbocycles. The number of thioether (sulfide) groups is 1. The second-order valence-corrected chi connectivity index (χ2v) is 7.69. The van der Waals surface area contributed by atoms with Crippen molar-refractivity contribution in [3.8, 4) is 17.2 Å². The van der Waals surface area contributed by atoms with Gasteiger partial charge in [0.05, 0.1) is 43.7 Å². The fourth-order valence-electron chi connectivity index (χ4n) is 3.23. The van der Waals surface area contributed by atoms with E-state index in [1.807, 2.05) is 24.3 Å². The maximum absolute atomic E-state index is 12.7. The molecule has 164 valence electrons. The maximum atomic E-state index is 12.7. The van der Waals surface area contributed by atoms with Crippen molar-refractivity contribution in [3.05, 3.63) is 53.4 Å². The third-order valence-electron chi connectivity index (χ3n) is 4.72. The average molecular weight is 452 g/mol. The van der Waals surface area contributed by atoms with Gasteiger partial charge in [-0.1, -0.05) is 23.9 Å². The molecule has 9 nitrogen and oxygen atoms in total. The van der Waals surface area contributed by atoms with Crippen molar-refractivity contribution < 1.29 is 19.0 Å². The van der Waals surface area contributed by atoms with Gasteiger partial charge in [-0.3, -0.25) is 10.2 Å². The molecule has 0 atom stereocenters. The molecule has 1 amide bonds. The molecule has 2 heterocycles. The third kappa shape index (κ3) is 4.30. The minimum Gasteiger partial charge on any atom is -0.493 e. The van der Waals surface area contributed by atoms with Crippen molar-refractivity contribution in [2.24, 2.45) is 4.99 Å². The van der Waals surface area contributed by atoms with Crippen LogP contribution in [0.15, 0.2) is 47.0 Å². The lowest BCUT2D eigenvalue weighted by Gasteiger charge is -2.16. The minimum absolute atomic E-state index is 0.130. The summed E-state index contributed by atoms with van der Waals surface area (Å²) in [6.07, 6.45) is 1.56. The zero-order valence-electron chi connectivity index (χ0n) is 17.7. The number of rotatable bonds is 6. The lowest BCUT2D eigenvalue weighted by atomic mass is 10.1. The second-order valence-electron chi connectivity index (χ2n) is 6.73. The van der Waals surface area contributed by atoms with Gasteiger partial charge >= 0.3 is 0 Å². The van der Waals surface area contributed by atoms with E-state index in [0.29, 0.717) is 33.7 Å². The van der Waals surface area contributed by atoms with Crippen LogP contribution >= 0.6 is 11.8 Å². The number of aromatic nitrogens is 2. The number of nitrogens with one attached hydrogen (secondary N) is 3. The van der Waals surface area contributed by atoms with Gasteiger partial charge < -0.3 is 24.5 Å². The van der Waals surface area contributed by atoms with Crippen LogP contribution in [0.3, 0.4) is 0 Å². The molecular formula is C22H21N5O4S. The predicted octanol–water partition coefficient (Wildman–Crippen LogP) is 3.37. The van der Waals surface area contributed by atoms with Crippen LogP contribution in [0.2, 0.25) is 0 Å². The van der Waals surface area contributed by atoms with Crippen LogP contribution in [0.25, 0.3) is 17.1 Å². The summed E-state index contributed by atoms with van der Waals surface area (Å²) in [5.74, 6) is 2.05. The molecule has 0 unspecified atom stereocenters. The summed E-state index contributed by atoms with van der Waals surface area (Å²) in [6, 6.07) is 11.1. The van der Waals surface area contributed by atoms with Crippen molar-refractivity contribution in [2.75, 3.05) is 21.3 Å². The van der Waals surface area contributed by atoms with Crippen LogP contribution in [-0.2, 0) is 10.5 Å². The number of carbonyl (C=O) groups is 1. The number of amidine groups is 2. The summed E-state index contributed by atoms with van der Waals surface area (Å²) in [7, 11) is 4.54. The Hall–Kier alpha value is -3.79. The SMILES string of the molecule is COc1cc(/C=C2\C(=N)N=C(SCc3nc4ccccc4[nH]3)NC2=O)cc(OC)c1OC. The highest BCUT2D eigenvalue weighted by Crippen LogP contribution is 2.38. The molecule has 0 aliphatic carbocycles. The van der Waals surface area contributed by atoms with Crippen molar-refractivity contribution >= 4 is 45.8 Å². The first-order valence-electron chi connectivity index (χ1n) is 9.59. The topological polar surface area (TPSA) is 122 Å². The Balaban J connectivity index is 1.53. The number of fused-ring (bicyclic) bond motifs is 1. The van der Waals surface area contributed by atoms with E-state index in [9.17, 15) is 4.79 Å². The normalized spacial score (nSPS) is 15.0. The summed E-state index contributed by atoms with van der Waals surface area (Å²) < 4.78 is 16.0. The van der Waals surface area contributed by atoms with Crippen molar-refractivity contribution in [1.82, 2.24) is 15.3 Å². The monoisotopic (exact) mass is 451 g/mol. The molecule has 2 aromatic carbocycles. The molecule has 1 aromatic heterocycles. The van der Waals surface area contributed by atoms with Gasteiger partial charge in [0, 0.05) is 0 Å². The van der Waals surface area contributed by atoms with Gasteiger partial charge in [-0.15, -0.1) is 0 Å². The molecule has 32 heavy (non-hydrogen) atoms. The largest absolute Gasteiger partial charge is 0.493 e. The highest BCUT2D eigenvalue weighted by molar-refractivity contribution is 8.13. The van der Waals surface area contributed by atoms with Crippen LogP contribution in [-0.4, -0.2) is 48.2 Å². The molecule has 10 heteroatoms. The molecule has 0 spiro atoms. The minimum atomic E-state index is -0.411. The molecule has 1 aliphatic heterocycles. The summed E-state index contributed by atoms with van der Waals surface area (Å²) in [6.45, 7) is 0. The average Bonchev–Trinajstić information content (AvgIpc) is 3.22. The molecule has 3 N–H and O–H groups in total. The van der Waals surface area contributed by atoms with Gasteiger partial charge in [0.15, 0.2) is 22.5 Å². The van der Waals surface area contributed by atoms with Crippen molar-refractivity contribution in [3.63, 3.8) is 0 Å². The number of H-pyrrole nitrogens is 1. The first-order valence-corrected chi connectivity index (χ1v) is 10.6. The Morgan fingerprint density at radius 3 is 2.44 bits per heavy atom. The zero-order valence-corrected chi connectivity index (χ0v) is 18.5. The number of amides is 1. The second kappa shape index (κ2) is 9.15. The van der Waals surface area contributed by atoms with Crippen LogP contribution in [0.4, 0.5) is 0 Å². The number of hydrogen-bond acceptors (Lipinski definition) is 7. The molecule has 1 aliphatic rings. The molecule has 0 bridgehead atoms. The molecule has 0 saturated heterocycles. The van der Waals surface area contributed by atoms with E-state index in [0.717, 1.165) is 16.9 Å². The quantitative estimate of drug-likeness (QED) is 0.494. The van der Waals surface area contributed by atoms with Crippen molar-refractivity contribution in [2.45, 2.75) is 5.75 Å². The lowest BCUT2D eigenvalue weighted by Crippen LogP contribution is -2.37. The number of methoxy groups -OCH3 is 3. The van der Waals surface area contributed by atoms with Crippen molar-refractivity contribution in [1.29, 1.82) is 5.41 Å². The first-order chi connectivity index (χ1) is 15.5. The molecular weight excluding hydrogens is 430 g/mol. The number of imidazole rings is 1. The molecule has 0 radical (unpaired) electrons. The maximum Gasteiger partial charge on any atom is 0.261 e. The Kier molecular flexibility index (Phi) is 6.13. The van der Waals surface area contributed by atoms with Gasteiger partial charge in [0.25, 0.3) is 5.91 Å². The number of para-hydroxylation sites is 2. The molecule has 4 rings (SSSR count). The summed E-state index contributed by atoms with van der Waals surface area (Å²) in [4.78, 5) is 24.7. The number of nitrogens with zero attached hydrogens (tertiary/aromatic N) is 2. The smallest absolute Gasteiger partial charge is 0.261 e. The van der Waals surface area contributed by atoms with Crippen LogP contribution in [0.5, 0.6) is 17.2 Å². The molecule has 3 aromatic rings. The predicted molar refractivity (Wildman–Crippen MR) is 125 cm³/mol. The fourth-order valence-corrected chi connectivity index (χ4v) is 3.96. The fraction of sp³-hybridized carbons (Fsp3) is 0.182. The Morgan fingerprint density at radius 2 is 1.81 bits per heavy atom. The number of hydrogen-bond donors (Lipinski definition) is 3. The Bertz CT molecular complexity index is 1210. The van der Waals surface area contributed by atoms with Gasteiger partial charge in [0.2, 0.25) is 5.75 Å². The zero-order chi connectivity index (χ0) is 22.7. The number of aromatic amines is 1. The van der Waals surface area contributed by atoms with Gasteiger partial charge in [-0.25, -0.2) is 9.98 Å². The van der Waals surface area contributed by atoms with E-state index in [-0.39, 0.29) is 11.4 Å².